The highest BCUT2D eigenvalue weighted by Gasteiger charge is 2.49. The quantitative estimate of drug-likeness (QED) is 0.114. The Morgan fingerprint density at radius 2 is 1.71 bits per heavy atom. The van der Waals surface area contributed by atoms with Crippen LogP contribution in [0.3, 0.4) is 0 Å². The lowest BCUT2D eigenvalue weighted by atomic mass is 9.88. The fraction of sp³-hybridized carbons (Fsp3) is 0.718. The summed E-state index contributed by atoms with van der Waals surface area (Å²) < 4.78 is 19.3. The molecule has 4 nitrogen and oxygen atoms in total. The Kier molecular flexibility index (Phi) is 12.8. The molecule has 0 saturated heterocycles. The molecule has 0 aliphatic heterocycles. The molecular formula is C39H66O4Si2. The largest absolute Gasteiger partial charge is 0.465 e. The molecule has 0 spiro atoms. The van der Waals surface area contributed by atoms with E-state index in [0.29, 0.717) is 29.2 Å². The van der Waals surface area contributed by atoms with Gasteiger partial charge in [0.25, 0.3) is 0 Å². The molecule has 3 rings (SSSR count). The lowest BCUT2D eigenvalue weighted by molar-refractivity contribution is 0.0600. The van der Waals surface area contributed by atoms with Crippen LogP contribution in [0.4, 0.5) is 0 Å². The normalized spacial score (nSPS) is 24.1. The number of hydrogen-bond donors (Lipinski definition) is 0. The Hall–Kier alpha value is -1.48. The molecular weight excluding hydrogens is 589 g/mol. The summed E-state index contributed by atoms with van der Waals surface area (Å²) in [6.07, 6.45) is 15.8. The minimum absolute atomic E-state index is 0.139. The third-order valence-electron chi connectivity index (χ3n) is 11.4. The van der Waals surface area contributed by atoms with Crippen molar-refractivity contribution in [3.63, 3.8) is 0 Å². The summed E-state index contributed by atoms with van der Waals surface area (Å²) in [4.78, 5) is 12.2. The summed E-state index contributed by atoms with van der Waals surface area (Å²) in [6.45, 7) is 28.4. The van der Waals surface area contributed by atoms with Crippen molar-refractivity contribution in [2.75, 3.05) is 7.11 Å². The number of ether oxygens (including phenoxy) is 1. The maximum atomic E-state index is 12.2. The predicted molar refractivity (Wildman–Crippen MR) is 196 cm³/mol. The summed E-state index contributed by atoms with van der Waals surface area (Å²) in [6, 6.07) is 7.92. The number of hydrogen-bond acceptors (Lipinski definition) is 4. The maximum Gasteiger partial charge on any atom is 0.337 e. The highest BCUT2D eigenvalue weighted by molar-refractivity contribution is 6.74. The lowest BCUT2D eigenvalue weighted by Crippen LogP contribution is -2.45. The van der Waals surface area contributed by atoms with Crippen LogP contribution in [0.15, 0.2) is 48.1 Å². The van der Waals surface area contributed by atoms with Gasteiger partial charge in [-0.25, -0.2) is 4.79 Å². The number of unbranched alkanes of at least 4 members (excludes halogenated alkanes) is 1. The predicted octanol–water partition coefficient (Wildman–Crippen LogP) is 11.2. The summed E-state index contributed by atoms with van der Waals surface area (Å²) >= 11 is 0. The second-order valence-electron chi connectivity index (χ2n) is 17.2. The third-order valence-corrected chi connectivity index (χ3v) is 20.5. The van der Waals surface area contributed by atoms with Gasteiger partial charge in [0.15, 0.2) is 16.6 Å². The van der Waals surface area contributed by atoms with Crippen molar-refractivity contribution >= 4 is 22.6 Å². The summed E-state index contributed by atoms with van der Waals surface area (Å²) in [7, 11) is -2.44. The molecule has 0 radical (unpaired) electrons. The van der Waals surface area contributed by atoms with Crippen LogP contribution >= 0.6 is 0 Å². The highest BCUT2D eigenvalue weighted by atomic mass is 28.4. The number of allylic oxidation sites excluding steroid dienone is 2. The van der Waals surface area contributed by atoms with Gasteiger partial charge in [0.1, 0.15) is 0 Å². The summed E-state index contributed by atoms with van der Waals surface area (Å²) in [5.74, 6) is 1.80. The van der Waals surface area contributed by atoms with E-state index in [1.165, 1.54) is 37.5 Å². The van der Waals surface area contributed by atoms with Gasteiger partial charge >= 0.3 is 5.97 Å². The van der Waals surface area contributed by atoms with E-state index >= 15 is 0 Å². The van der Waals surface area contributed by atoms with Gasteiger partial charge in [0.05, 0.1) is 24.9 Å². The standard InChI is InChI=1S/C39H66O4Si2/c1-14-15-17-28(2)22-33(42-44(10,11)38(3,4)5)20-21-34-35-26-30(23-29-18-16-19-31(24-29)37(40)41-9)25-32(35)27-36(34)43-45(12,13)39(6,7)8/h16,18-21,24-25,28,32-36H,14-15,17,22-23,26-27H2,1-13H3/b21-20+/t28-,32-,33+,34+,35-,36+/m0/s1. The molecule has 2 aliphatic carbocycles. The van der Waals surface area contributed by atoms with Gasteiger partial charge in [-0.3, -0.25) is 0 Å². The van der Waals surface area contributed by atoms with E-state index in [-0.39, 0.29) is 28.3 Å². The molecule has 0 amide bonds. The fourth-order valence-electron chi connectivity index (χ4n) is 6.62. The van der Waals surface area contributed by atoms with E-state index in [1.54, 1.807) is 0 Å². The molecule has 0 bridgehead atoms. The first-order chi connectivity index (χ1) is 20.8. The van der Waals surface area contributed by atoms with E-state index in [0.717, 1.165) is 25.7 Å². The van der Waals surface area contributed by atoms with Crippen LogP contribution in [0.25, 0.3) is 0 Å². The number of fused-ring (bicyclic) bond motifs is 1. The van der Waals surface area contributed by atoms with Gasteiger partial charge in [0.2, 0.25) is 0 Å². The van der Waals surface area contributed by atoms with E-state index < -0.39 is 16.6 Å². The van der Waals surface area contributed by atoms with E-state index in [9.17, 15) is 4.79 Å². The second kappa shape index (κ2) is 15.2. The van der Waals surface area contributed by atoms with Crippen molar-refractivity contribution in [1.82, 2.24) is 0 Å². The zero-order valence-electron chi connectivity index (χ0n) is 31.1. The van der Waals surface area contributed by atoms with E-state index in [1.807, 2.05) is 18.2 Å². The zero-order chi connectivity index (χ0) is 33.8. The van der Waals surface area contributed by atoms with E-state index in [2.05, 4.69) is 106 Å². The zero-order valence-corrected chi connectivity index (χ0v) is 33.1. The number of esters is 1. The first-order valence-corrected chi connectivity index (χ1v) is 23.5. The van der Waals surface area contributed by atoms with E-state index in [4.69, 9.17) is 13.6 Å². The van der Waals surface area contributed by atoms with Crippen LogP contribution in [0.1, 0.15) is 110 Å². The van der Waals surface area contributed by atoms with Crippen molar-refractivity contribution in [3.8, 4) is 0 Å². The Balaban J connectivity index is 1.89. The Morgan fingerprint density at radius 1 is 1.04 bits per heavy atom. The Morgan fingerprint density at radius 3 is 2.31 bits per heavy atom. The molecule has 2 aliphatic rings. The van der Waals surface area contributed by atoms with Gasteiger partial charge in [-0.2, -0.15) is 0 Å². The molecule has 0 aromatic heterocycles. The fourth-order valence-corrected chi connectivity index (χ4v) is 9.27. The minimum atomic E-state index is -1.94. The molecule has 0 N–H and O–H groups in total. The second-order valence-corrected chi connectivity index (χ2v) is 26.8. The third kappa shape index (κ3) is 10.0. The van der Waals surface area contributed by atoms with Gasteiger partial charge < -0.3 is 13.6 Å². The summed E-state index contributed by atoms with van der Waals surface area (Å²) in [5.41, 5.74) is 3.28. The van der Waals surface area contributed by atoms with Crippen LogP contribution in [0.2, 0.25) is 36.3 Å². The van der Waals surface area contributed by atoms with Crippen molar-refractivity contribution < 1.29 is 18.4 Å². The smallest absolute Gasteiger partial charge is 0.337 e. The monoisotopic (exact) mass is 654 g/mol. The Bertz CT molecular complexity index is 1190. The van der Waals surface area contributed by atoms with Gasteiger partial charge in [-0.15, -0.1) is 0 Å². The lowest BCUT2D eigenvalue weighted by Gasteiger charge is -2.40. The van der Waals surface area contributed by atoms with Crippen LogP contribution in [-0.4, -0.2) is 41.9 Å². The number of carbonyl (C=O) groups excluding carboxylic acids is 1. The minimum Gasteiger partial charge on any atom is -0.465 e. The van der Waals surface area contributed by atoms with Crippen LogP contribution in [0.5, 0.6) is 0 Å². The van der Waals surface area contributed by atoms with Crippen LogP contribution in [-0.2, 0) is 20.0 Å². The molecule has 0 unspecified atom stereocenters. The van der Waals surface area contributed by atoms with Crippen LogP contribution in [0, 0.1) is 23.7 Å². The van der Waals surface area contributed by atoms with Gasteiger partial charge in [0, 0.05) is 5.92 Å². The maximum absolute atomic E-state index is 12.2. The molecule has 1 aromatic rings. The molecule has 45 heavy (non-hydrogen) atoms. The average molecular weight is 655 g/mol. The number of carbonyl (C=O) groups is 1. The van der Waals surface area contributed by atoms with Crippen molar-refractivity contribution in [1.29, 1.82) is 0 Å². The molecule has 1 fully saturated rings. The molecule has 254 valence electrons. The van der Waals surface area contributed by atoms with Crippen molar-refractivity contribution in [3.05, 3.63) is 59.2 Å². The van der Waals surface area contributed by atoms with Crippen molar-refractivity contribution in [2.24, 2.45) is 23.7 Å². The molecule has 1 saturated carbocycles. The average Bonchev–Trinajstić information content (AvgIpc) is 3.44. The Labute approximate surface area is 279 Å². The van der Waals surface area contributed by atoms with Gasteiger partial charge in [-0.05, 0) is 97.4 Å². The first-order valence-electron chi connectivity index (χ1n) is 17.7. The topological polar surface area (TPSA) is 44.8 Å². The molecule has 1 aromatic carbocycles. The number of rotatable bonds is 14. The highest BCUT2D eigenvalue weighted by Crippen LogP contribution is 2.51. The summed E-state index contributed by atoms with van der Waals surface area (Å²) in [5, 5.41) is 0.348. The van der Waals surface area contributed by atoms with Crippen LogP contribution < -0.4 is 0 Å². The van der Waals surface area contributed by atoms with Crippen molar-refractivity contribution in [2.45, 2.75) is 149 Å². The van der Waals surface area contributed by atoms with Gasteiger partial charge in [-0.1, -0.05) is 111 Å². The number of benzene rings is 1. The molecule has 0 heterocycles. The number of methoxy groups -OCH3 is 1. The molecule has 6 heteroatoms. The first kappa shape index (κ1) is 38.0. The SMILES string of the molecule is CCCC[C@H](C)C[C@@H](/C=C/[C@@H]1[C@H]2CC(Cc3cccc(C(=O)OC)c3)=C[C@H]2C[C@H]1O[Si](C)(C)C(C)(C)C)O[Si](C)(C)C(C)(C)C. The molecule has 6 atom stereocenters.